The van der Waals surface area contributed by atoms with E-state index in [1.165, 1.54) is 6.33 Å². The summed E-state index contributed by atoms with van der Waals surface area (Å²) >= 11 is 0. The molecule has 3 N–H and O–H groups in total. The van der Waals surface area contributed by atoms with Crippen LogP contribution in [-0.2, 0) is 16.1 Å². The molecule has 0 aliphatic heterocycles. The number of nitrogens with two attached hydrogens (primary N) is 1. The van der Waals surface area contributed by atoms with Crippen LogP contribution in [0.3, 0.4) is 0 Å². The lowest BCUT2D eigenvalue weighted by molar-refractivity contribution is -0.141. The number of nitrogen functional groups attached to an aromatic ring is 1. The summed E-state index contributed by atoms with van der Waals surface area (Å²) < 4.78 is 13.2. The number of hydrogen-bond acceptors (Lipinski definition) is 7. The number of methoxy groups -OCH3 is 1. The van der Waals surface area contributed by atoms with E-state index in [2.05, 4.69) is 15.0 Å². The Balaban J connectivity index is 1.57. The first-order chi connectivity index (χ1) is 13.6. The summed E-state index contributed by atoms with van der Waals surface area (Å²) in [5.41, 5.74) is 7.95. The first-order valence-corrected chi connectivity index (χ1v) is 8.97. The summed E-state index contributed by atoms with van der Waals surface area (Å²) in [6, 6.07) is 7.40. The second-order valence-electron chi connectivity index (χ2n) is 6.85. The SMILES string of the molecule is COc1ccc(CO[C@H]2C[C@@H](C(=O)O)C[C@H]2n2cnc3c(N)ncnc32)cc1. The molecule has 1 aromatic carbocycles. The van der Waals surface area contributed by atoms with E-state index in [0.717, 1.165) is 11.3 Å². The summed E-state index contributed by atoms with van der Waals surface area (Å²) in [5, 5.41) is 9.51. The molecule has 0 radical (unpaired) electrons. The minimum atomic E-state index is -0.820. The summed E-state index contributed by atoms with van der Waals surface area (Å²) in [6.07, 6.45) is 3.60. The lowest BCUT2D eigenvalue weighted by Crippen LogP contribution is -2.21. The van der Waals surface area contributed by atoms with Gasteiger partial charge in [0, 0.05) is 0 Å². The molecular formula is C19H21N5O4. The fraction of sp³-hybridized carbons (Fsp3) is 0.368. The number of ether oxygens (including phenoxy) is 2. The first-order valence-electron chi connectivity index (χ1n) is 8.97. The van der Waals surface area contributed by atoms with Crippen molar-refractivity contribution in [3.05, 3.63) is 42.5 Å². The predicted molar refractivity (Wildman–Crippen MR) is 101 cm³/mol. The van der Waals surface area contributed by atoms with Crippen LogP contribution in [0.25, 0.3) is 11.2 Å². The molecule has 2 aromatic heterocycles. The second kappa shape index (κ2) is 7.43. The zero-order chi connectivity index (χ0) is 19.7. The molecular weight excluding hydrogens is 362 g/mol. The van der Waals surface area contributed by atoms with Crippen LogP contribution in [0.2, 0.25) is 0 Å². The van der Waals surface area contributed by atoms with Gasteiger partial charge in [0.25, 0.3) is 0 Å². The number of fused-ring (bicyclic) bond motifs is 1. The molecule has 1 fully saturated rings. The Morgan fingerprint density at radius 2 is 2.04 bits per heavy atom. The summed E-state index contributed by atoms with van der Waals surface area (Å²) in [4.78, 5) is 24.1. The number of benzene rings is 1. The van der Waals surface area contributed by atoms with Crippen molar-refractivity contribution in [2.75, 3.05) is 12.8 Å². The Morgan fingerprint density at radius 1 is 1.25 bits per heavy atom. The third-order valence-corrected chi connectivity index (χ3v) is 5.19. The van der Waals surface area contributed by atoms with Crippen LogP contribution in [0.15, 0.2) is 36.9 Å². The molecule has 2 heterocycles. The van der Waals surface area contributed by atoms with E-state index in [1.54, 1.807) is 13.4 Å². The Morgan fingerprint density at radius 3 is 2.75 bits per heavy atom. The van der Waals surface area contributed by atoms with Gasteiger partial charge in [-0.2, -0.15) is 0 Å². The topological polar surface area (TPSA) is 125 Å². The Bertz CT molecular complexity index is 988. The molecule has 0 bridgehead atoms. The van der Waals surface area contributed by atoms with Crippen molar-refractivity contribution < 1.29 is 19.4 Å². The standard InChI is InChI=1S/C19H21N5O4/c1-27-13-4-2-11(3-5-13)8-28-15-7-12(19(25)26)6-14(15)24-10-23-16-17(20)21-9-22-18(16)24/h2-5,9-10,12,14-15H,6-8H2,1H3,(H,25,26)(H2,20,21,22)/t12-,14+,15-/m0/s1. The molecule has 3 aromatic rings. The number of nitrogens with zero attached hydrogens (tertiary/aromatic N) is 4. The van der Waals surface area contributed by atoms with E-state index < -0.39 is 11.9 Å². The van der Waals surface area contributed by atoms with Crippen LogP contribution in [0.4, 0.5) is 5.82 Å². The third kappa shape index (κ3) is 3.36. The van der Waals surface area contributed by atoms with Crippen molar-refractivity contribution in [3.8, 4) is 5.75 Å². The van der Waals surface area contributed by atoms with E-state index in [4.69, 9.17) is 15.2 Å². The second-order valence-corrected chi connectivity index (χ2v) is 6.85. The molecule has 0 saturated heterocycles. The van der Waals surface area contributed by atoms with E-state index in [0.29, 0.717) is 36.4 Å². The number of carbonyl (C=O) groups is 1. The molecule has 1 aliphatic rings. The summed E-state index contributed by atoms with van der Waals surface area (Å²) in [6.45, 7) is 0.376. The van der Waals surface area contributed by atoms with Gasteiger partial charge in [0.2, 0.25) is 0 Å². The quantitative estimate of drug-likeness (QED) is 0.662. The molecule has 28 heavy (non-hydrogen) atoms. The highest BCUT2D eigenvalue weighted by molar-refractivity contribution is 5.81. The summed E-state index contributed by atoms with van der Waals surface area (Å²) in [5.74, 6) is -0.232. The van der Waals surface area contributed by atoms with Crippen molar-refractivity contribution >= 4 is 23.0 Å². The summed E-state index contributed by atoms with van der Waals surface area (Å²) in [7, 11) is 1.62. The molecule has 9 heteroatoms. The Labute approximate surface area is 161 Å². The van der Waals surface area contributed by atoms with Gasteiger partial charge in [0.15, 0.2) is 11.5 Å². The van der Waals surface area contributed by atoms with Gasteiger partial charge < -0.3 is 24.9 Å². The number of carboxylic acids is 1. The minimum absolute atomic E-state index is 0.196. The number of anilines is 1. The molecule has 1 aliphatic carbocycles. The maximum absolute atomic E-state index is 11.6. The van der Waals surface area contributed by atoms with Crippen molar-refractivity contribution in [1.29, 1.82) is 0 Å². The average molecular weight is 383 g/mol. The third-order valence-electron chi connectivity index (χ3n) is 5.19. The van der Waals surface area contributed by atoms with Gasteiger partial charge in [-0.15, -0.1) is 0 Å². The molecule has 9 nitrogen and oxygen atoms in total. The lowest BCUT2D eigenvalue weighted by atomic mass is 10.1. The highest BCUT2D eigenvalue weighted by Crippen LogP contribution is 2.39. The average Bonchev–Trinajstić information content (AvgIpc) is 3.31. The zero-order valence-electron chi connectivity index (χ0n) is 15.4. The number of aliphatic carboxylic acids is 1. The fourth-order valence-electron chi connectivity index (χ4n) is 3.69. The maximum atomic E-state index is 11.6. The highest BCUT2D eigenvalue weighted by Gasteiger charge is 2.40. The van der Waals surface area contributed by atoms with Gasteiger partial charge in [0.1, 0.15) is 17.6 Å². The zero-order valence-corrected chi connectivity index (χ0v) is 15.4. The molecule has 0 amide bonds. The van der Waals surface area contributed by atoms with Crippen molar-refractivity contribution in [1.82, 2.24) is 19.5 Å². The van der Waals surface area contributed by atoms with Gasteiger partial charge in [-0.05, 0) is 30.5 Å². The number of imidazole rings is 1. The number of hydrogen-bond donors (Lipinski definition) is 2. The van der Waals surface area contributed by atoms with Crippen LogP contribution in [-0.4, -0.2) is 43.8 Å². The minimum Gasteiger partial charge on any atom is -0.497 e. The van der Waals surface area contributed by atoms with Crippen LogP contribution in [0, 0.1) is 5.92 Å². The first kappa shape index (κ1) is 18.2. The van der Waals surface area contributed by atoms with Crippen LogP contribution < -0.4 is 10.5 Å². The fourth-order valence-corrected chi connectivity index (χ4v) is 3.69. The van der Waals surface area contributed by atoms with Gasteiger partial charge in [-0.25, -0.2) is 15.0 Å². The Kier molecular flexibility index (Phi) is 4.82. The normalized spacial score (nSPS) is 21.8. The number of aromatic nitrogens is 4. The molecule has 3 atom stereocenters. The molecule has 0 unspecified atom stereocenters. The van der Waals surface area contributed by atoms with Gasteiger partial charge in [-0.1, -0.05) is 12.1 Å². The molecule has 4 rings (SSSR count). The largest absolute Gasteiger partial charge is 0.497 e. The van der Waals surface area contributed by atoms with Crippen molar-refractivity contribution in [2.24, 2.45) is 5.92 Å². The van der Waals surface area contributed by atoms with E-state index in [9.17, 15) is 9.90 Å². The van der Waals surface area contributed by atoms with Gasteiger partial charge >= 0.3 is 5.97 Å². The van der Waals surface area contributed by atoms with Gasteiger partial charge in [-0.3, -0.25) is 4.79 Å². The number of rotatable bonds is 6. The molecule has 1 saturated carbocycles. The van der Waals surface area contributed by atoms with Crippen LogP contribution in [0.1, 0.15) is 24.4 Å². The Hall–Kier alpha value is -3.20. The highest BCUT2D eigenvalue weighted by atomic mass is 16.5. The van der Waals surface area contributed by atoms with E-state index >= 15 is 0 Å². The molecule has 146 valence electrons. The van der Waals surface area contributed by atoms with Crippen LogP contribution in [0.5, 0.6) is 5.75 Å². The smallest absolute Gasteiger partial charge is 0.306 e. The van der Waals surface area contributed by atoms with Crippen molar-refractivity contribution in [3.63, 3.8) is 0 Å². The number of carboxylic acid groups (broad SMARTS) is 1. The van der Waals surface area contributed by atoms with Crippen LogP contribution >= 0.6 is 0 Å². The van der Waals surface area contributed by atoms with E-state index in [-0.39, 0.29) is 12.1 Å². The lowest BCUT2D eigenvalue weighted by Gasteiger charge is -2.21. The van der Waals surface area contributed by atoms with E-state index in [1.807, 2.05) is 28.8 Å². The van der Waals surface area contributed by atoms with Gasteiger partial charge in [0.05, 0.1) is 38.1 Å². The van der Waals surface area contributed by atoms with Crippen molar-refractivity contribution in [2.45, 2.75) is 31.6 Å². The monoisotopic (exact) mass is 383 g/mol. The molecule has 0 spiro atoms. The maximum Gasteiger partial charge on any atom is 0.306 e. The predicted octanol–water partition coefficient (Wildman–Crippen LogP) is 2.04.